The molecule has 0 spiro atoms. The van der Waals surface area contributed by atoms with Crippen LogP contribution in [0.4, 0.5) is 0 Å². The molecule has 0 saturated heterocycles. The van der Waals surface area contributed by atoms with Gasteiger partial charge in [0.1, 0.15) is 10.0 Å². The zero-order valence-corrected chi connectivity index (χ0v) is 27.5. The van der Waals surface area contributed by atoms with Crippen molar-refractivity contribution in [2.24, 2.45) is 0 Å². The van der Waals surface area contributed by atoms with Crippen LogP contribution in [-0.4, -0.2) is 31.6 Å². The van der Waals surface area contributed by atoms with Gasteiger partial charge < -0.3 is 0 Å². The van der Waals surface area contributed by atoms with Gasteiger partial charge in [0.25, 0.3) is 15.6 Å². The van der Waals surface area contributed by atoms with Crippen molar-refractivity contribution in [3.63, 3.8) is 0 Å². The van der Waals surface area contributed by atoms with Crippen molar-refractivity contribution in [3.8, 4) is 11.1 Å². The van der Waals surface area contributed by atoms with Gasteiger partial charge in [-0.1, -0.05) is 68.9 Å². The van der Waals surface area contributed by atoms with Crippen molar-refractivity contribution in [3.05, 3.63) is 75.8 Å². The van der Waals surface area contributed by atoms with E-state index in [0.29, 0.717) is 16.1 Å². The number of aromatic nitrogens is 2. The number of benzene rings is 2. The van der Waals surface area contributed by atoms with Crippen molar-refractivity contribution in [1.29, 1.82) is 0 Å². The Balaban J connectivity index is 1.75. The highest BCUT2D eigenvalue weighted by Crippen LogP contribution is 2.33. The second-order valence-corrected chi connectivity index (χ2v) is 21.0. The van der Waals surface area contributed by atoms with E-state index >= 15 is 0 Å². The molecule has 0 amide bonds. The van der Waals surface area contributed by atoms with Crippen LogP contribution in [0, 0.1) is 6.92 Å². The van der Waals surface area contributed by atoms with Crippen LogP contribution in [0.25, 0.3) is 22.0 Å². The van der Waals surface area contributed by atoms with E-state index in [2.05, 4.69) is 37.4 Å². The molecule has 1 N–H and O–H groups in total. The van der Waals surface area contributed by atoms with Gasteiger partial charge in [-0.15, -0.1) is 11.3 Å². The lowest BCUT2D eigenvalue weighted by Crippen LogP contribution is -2.40. The standard InChI is InChI=1S/C31H41N3O3S2Si/c1-9-10-11-27-32-26-17-12-21(2)18-25(26)29(35)34(27)20-22-13-15-23(16-14-22)24-19-28(40(6,7)8)38-30(24)39(36,37)33-31(3,4)5/h12-19,33H,9-11,20H2,1-8H3. The van der Waals surface area contributed by atoms with Gasteiger partial charge in [-0.3, -0.25) is 9.36 Å². The van der Waals surface area contributed by atoms with E-state index in [4.69, 9.17) is 4.98 Å². The van der Waals surface area contributed by atoms with Gasteiger partial charge in [-0.05, 0) is 67.9 Å². The molecule has 40 heavy (non-hydrogen) atoms. The van der Waals surface area contributed by atoms with Crippen molar-refractivity contribution in [2.75, 3.05) is 0 Å². The summed E-state index contributed by atoms with van der Waals surface area (Å²) in [5, 5.41) is 0.634. The van der Waals surface area contributed by atoms with E-state index in [1.807, 2.05) is 70.2 Å². The molecule has 0 radical (unpaired) electrons. The molecule has 0 aliphatic rings. The molecular formula is C31H41N3O3S2Si. The minimum atomic E-state index is -3.70. The van der Waals surface area contributed by atoms with E-state index in [0.717, 1.165) is 57.4 Å². The van der Waals surface area contributed by atoms with Crippen LogP contribution in [0.1, 0.15) is 57.5 Å². The number of thiophene rings is 1. The lowest BCUT2D eigenvalue weighted by atomic mass is 10.1. The molecule has 0 unspecified atom stereocenters. The SMILES string of the molecule is CCCCc1nc2ccc(C)cc2c(=O)n1Cc1ccc(-c2cc([Si](C)(C)C)sc2S(=O)(=O)NC(C)(C)C)cc1. The number of hydrogen-bond acceptors (Lipinski definition) is 5. The molecule has 4 rings (SSSR count). The fraction of sp³-hybridized carbons (Fsp3) is 0.419. The minimum Gasteiger partial charge on any atom is -0.292 e. The van der Waals surface area contributed by atoms with Gasteiger partial charge in [-0.2, -0.15) is 0 Å². The lowest BCUT2D eigenvalue weighted by Gasteiger charge is -2.20. The summed E-state index contributed by atoms with van der Waals surface area (Å²) >= 11 is 1.39. The number of nitrogens with zero attached hydrogens (tertiary/aromatic N) is 2. The summed E-state index contributed by atoms with van der Waals surface area (Å²) in [5.41, 5.74) is 3.71. The zero-order valence-electron chi connectivity index (χ0n) is 24.9. The first kappa shape index (κ1) is 30.4. The van der Waals surface area contributed by atoms with Crippen LogP contribution >= 0.6 is 11.3 Å². The monoisotopic (exact) mass is 595 g/mol. The number of unbranched alkanes of at least 4 members (excludes halogenated alkanes) is 1. The summed E-state index contributed by atoms with van der Waals surface area (Å²) in [7, 11) is -5.45. The Morgan fingerprint density at radius 1 is 1.02 bits per heavy atom. The average Bonchev–Trinajstić information content (AvgIpc) is 3.32. The van der Waals surface area contributed by atoms with Crippen LogP contribution < -0.4 is 14.8 Å². The van der Waals surface area contributed by atoms with Crippen LogP contribution in [0.2, 0.25) is 19.6 Å². The maximum Gasteiger partial charge on any atom is 0.261 e. The van der Waals surface area contributed by atoms with Gasteiger partial charge in [0, 0.05) is 17.5 Å². The fourth-order valence-electron chi connectivity index (χ4n) is 4.64. The molecule has 214 valence electrons. The Morgan fingerprint density at radius 2 is 1.70 bits per heavy atom. The van der Waals surface area contributed by atoms with Gasteiger partial charge in [0.2, 0.25) is 0 Å². The van der Waals surface area contributed by atoms with E-state index in [1.54, 1.807) is 4.57 Å². The molecule has 0 saturated carbocycles. The number of rotatable bonds is 9. The molecule has 0 aliphatic carbocycles. The summed E-state index contributed by atoms with van der Waals surface area (Å²) in [6.45, 7) is 16.8. The van der Waals surface area contributed by atoms with Crippen LogP contribution in [0.3, 0.4) is 0 Å². The van der Waals surface area contributed by atoms with Crippen LogP contribution in [0.15, 0.2) is 57.5 Å². The third-order valence-corrected chi connectivity index (χ3v) is 13.7. The first-order valence-electron chi connectivity index (χ1n) is 13.9. The van der Waals surface area contributed by atoms with Gasteiger partial charge >= 0.3 is 0 Å². The highest BCUT2D eigenvalue weighted by Gasteiger charge is 2.30. The topological polar surface area (TPSA) is 81.1 Å². The second-order valence-electron chi connectivity index (χ2n) is 12.7. The number of fused-ring (bicyclic) bond motifs is 1. The molecule has 6 nitrogen and oxygen atoms in total. The van der Waals surface area contributed by atoms with Gasteiger partial charge in [-0.25, -0.2) is 18.1 Å². The largest absolute Gasteiger partial charge is 0.292 e. The second kappa shape index (κ2) is 11.4. The summed E-state index contributed by atoms with van der Waals surface area (Å²) in [6.07, 6.45) is 2.72. The van der Waals surface area contributed by atoms with Crippen LogP contribution in [0.5, 0.6) is 0 Å². The third-order valence-electron chi connectivity index (χ3n) is 6.67. The van der Waals surface area contributed by atoms with E-state index in [9.17, 15) is 13.2 Å². The van der Waals surface area contributed by atoms with Crippen molar-refractivity contribution >= 4 is 44.8 Å². The van der Waals surface area contributed by atoms with Crippen molar-refractivity contribution in [1.82, 2.24) is 14.3 Å². The highest BCUT2D eigenvalue weighted by molar-refractivity contribution is 7.92. The Morgan fingerprint density at radius 3 is 2.30 bits per heavy atom. The molecule has 0 fully saturated rings. The number of sulfonamides is 1. The molecule has 0 atom stereocenters. The molecule has 2 aromatic carbocycles. The van der Waals surface area contributed by atoms with Gasteiger partial charge in [0.05, 0.1) is 25.5 Å². The highest BCUT2D eigenvalue weighted by atomic mass is 32.2. The maximum absolute atomic E-state index is 13.6. The quantitative estimate of drug-likeness (QED) is 0.226. The first-order valence-corrected chi connectivity index (χ1v) is 19.7. The Bertz CT molecular complexity index is 1690. The van der Waals surface area contributed by atoms with Crippen molar-refractivity contribution < 1.29 is 8.42 Å². The van der Waals surface area contributed by atoms with Crippen LogP contribution in [-0.2, 0) is 23.0 Å². The number of hydrogen-bond donors (Lipinski definition) is 1. The molecule has 0 aliphatic heterocycles. The average molecular weight is 596 g/mol. The molecule has 9 heteroatoms. The van der Waals surface area contributed by atoms with Gasteiger partial charge in [0.15, 0.2) is 0 Å². The normalized spacial score (nSPS) is 12.8. The summed E-state index contributed by atoms with van der Waals surface area (Å²) < 4.78 is 33.0. The number of aryl methyl sites for hydroxylation is 2. The molecule has 0 bridgehead atoms. The van der Waals surface area contributed by atoms with E-state index in [1.165, 1.54) is 11.3 Å². The zero-order chi connectivity index (χ0) is 29.5. The smallest absolute Gasteiger partial charge is 0.261 e. The molecule has 4 aromatic rings. The minimum absolute atomic E-state index is 0.0249. The number of nitrogens with one attached hydrogen (secondary N) is 1. The summed E-state index contributed by atoms with van der Waals surface area (Å²) in [5.74, 6) is 0.798. The molecular weight excluding hydrogens is 555 g/mol. The van der Waals surface area contributed by atoms with E-state index < -0.39 is 23.6 Å². The Kier molecular flexibility index (Phi) is 8.62. The molecule has 2 heterocycles. The predicted octanol–water partition coefficient (Wildman–Crippen LogP) is 6.45. The third kappa shape index (κ3) is 6.82. The summed E-state index contributed by atoms with van der Waals surface area (Å²) in [6, 6.07) is 15.8. The van der Waals surface area contributed by atoms with Crippen molar-refractivity contribution in [2.45, 2.75) is 89.8 Å². The maximum atomic E-state index is 13.6. The van der Waals surface area contributed by atoms with E-state index in [-0.39, 0.29) is 5.56 Å². The first-order chi connectivity index (χ1) is 18.6. The Hall–Kier alpha value is -2.59. The predicted molar refractivity (Wildman–Crippen MR) is 171 cm³/mol. The fourth-order valence-corrected chi connectivity index (χ4v) is 9.83. The Labute approximate surface area is 243 Å². The molecule has 2 aromatic heterocycles. The lowest BCUT2D eigenvalue weighted by molar-refractivity contribution is 0.493. The summed E-state index contributed by atoms with van der Waals surface area (Å²) in [4.78, 5) is 18.4.